The fourth-order valence-corrected chi connectivity index (χ4v) is 2.27. The topological polar surface area (TPSA) is 65.5 Å². The standard InChI is InChI=1S/C19H23FN4O.HI/c1-14(15-6-4-3-5-7-15)12-22-19(21-2)23-13-18(25)24-17-10-8-16(20)9-11-17;/h3-11,14H,12-13H2,1-2H3,(H,24,25)(H2,21,22,23);1H. The van der Waals surface area contributed by atoms with Gasteiger partial charge in [0.2, 0.25) is 5.91 Å². The summed E-state index contributed by atoms with van der Waals surface area (Å²) in [6.45, 7) is 2.89. The monoisotopic (exact) mass is 470 g/mol. The van der Waals surface area contributed by atoms with Crippen molar-refractivity contribution in [3.63, 3.8) is 0 Å². The van der Waals surface area contributed by atoms with Crippen LogP contribution in [0.2, 0.25) is 0 Å². The number of amides is 1. The van der Waals surface area contributed by atoms with E-state index in [1.807, 2.05) is 18.2 Å². The van der Waals surface area contributed by atoms with Crippen LogP contribution in [0.3, 0.4) is 0 Å². The Balaban J connectivity index is 0.00000338. The maximum absolute atomic E-state index is 12.8. The lowest BCUT2D eigenvalue weighted by atomic mass is 10.0. The molecule has 0 aliphatic carbocycles. The Morgan fingerprint density at radius 2 is 1.73 bits per heavy atom. The minimum absolute atomic E-state index is 0. The molecule has 0 aromatic heterocycles. The second-order valence-electron chi connectivity index (χ2n) is 5.67. The highest BCUT2D eigenvalue weighted by Crippen LogP contribution is 2.12. The van der Waals surface area contributed by atoms with Crippen molar-refractivity contribution >= 4 is 41.5 Å². The summed E-state index contributed by atoms with van der Waals surface area (Å²) >= 11 is 0. The van der Waals surface area contributed by atoms with E-state index in [0.717, 1.165) is 0 Å². The van der Waals surface area contributed by atoms with Crippen LogP contribution in [0.5, 0.6) is 0 Å². The Morgan fingerprint density at radius 1 is 1.08 bits per heavy atom. The first-order valence-electron chi connectivity index (χ1n) is 8.13. The molecule has 2 rings (SSSR count). The third-order valence-corrected chi connectivity index (χ3v) is 3.71. The van der Waals surface area contributed by atoms with Crippen LogP contribution in [0.1, 0.15) is 18.4 Å². The molecular weight excluding hydrogens is 446 g/mol. The molecule has 0 saturated carbocycles. The van der Waals surface area contributed by atoms with Gasteiger partial charge in [-0.2, -0.15) is 0 Å². The van der Waals surface area contributed by atoms with Crippen molar-refractivity contribution in [2.75, 3.05) is 25.5 Å². The summed E-state index contributed by atoms with van der Waals surface area (Å²) in [5, 5.41) is 8.85. The molecule has 0 aliphatic rings. The lowest BCUT2D eigenvalue weighted by Crippen LogP contribution is -2.42. The van der Waals surface area contributed by atoms with Crippen LogP contribution in [0.25, 0.3) is 0 Å². The number of aliphatic imine (C=N–C) groups is 1. The van der Waals surface area contributed by atoms with Gasteiger partial charge in [0, 0.05) is 19.3 Å². The summed E-state index contributed by atoms with van der Waals surface area (Å²) < 4.78 is 12.8. The molecule has 0 saturated heterocycles. The van der Waals surface area contributed by atoms with Crippen LogP contribution in [-0.2, 0) is 4.79 Å². The Kier molecular flexibility index (Phi) is 9.64. The van der Waals surface area contributed by atoms with Gasteiger partial charge in [0.25, 0.3) is 0 Å². The zero-order chi connectivity index (χ0) is 18.1. The zero-order valence-electron chi connectivity index (χ0n) is 14.8. The molecule has 0 aliphatic heterocycles. The minimum Gasteiger partial charge on any atom is -0.356 e. The van der Waals surface area contributed by atoms with Crippen LogP contribution in [0.15, 0.2) is 59.6 Å². The maximum atomic E-state index is 12.8. The number of nitrogens with one attached hydrogen (secondary N) is 3. The van der Waals surface area contributed by atoms with E-state index in [1.54, 1.807) is 7.05 Å². The fraction of sp³-hybridized carbons (Fsp3) is 0.263. The van der Waals surface area contributed by atoms with Gasteiger partial charge in [0.15, 0.2) is 5.96 Å². The van der Waals surface area contributed by atoms with E-state index in [4.69, 9.17) is 0 Å². The van der Waals surface area contributed by atoms with Gasteiger partial charge >= 0.3 is 0 Å². The number of nitrogens with zero attached hydrogens (tertiary/aromatic N) is 1. The Hall–Kier alpha value is -2.16. The molecule has 2 aromatic rings. The quantitative estimate of drug-likeness (QED) is 0.345. The number of guanidine groups is 1. The number of hydrogen-bond acceptors (Lipinski definition) is 2. The van der Waals surface area contributed by atoms with E-state index in [2.05, 4.69) is 40.0 Å². The predicted molar refractivity (Wildman–Crippen MR) is 115 cm³/mol. The zero-order valence-corrected chi connectivity index (χ0v) is 17.2. The van der Waals surface area contributed by atoms with Crippen molar-refractivity contribution in [3.05, 3.63) is 66.0 Å². The molecular formula is C19H24FIN4O. The van der Waals surface area contributed by atoms with E-state index in [-0.39, 0.29) is 42.2 Å². The summed E-state index contributed by atoms with van der Waals surface area (Å²) in [4.78, 5) is 16.0. The first kappa shape index (κ1) is 21.9. The molecule has 5 nitrogen and oxygen atoms in total. The molecule has 0 spiro atoms. The lowest BCUT2D eigenvalue weighted by Gasteiger charge is -2.16. The maximum Gasteiger partial charge on any atom is 0.243 e. The first-order valence-corrected chi connectivity index (χ1v) is 8.13. The van der Waals surface area contributed by atoms with Gasteiger partial charge in [0.05, 0.1) is 6.54 Å². The molecule has 140 valence electrons. The van der Waals surface area contributed by atoms with Crippen molar-refractivity contribution in [2.24, 2.45) is 4.99 Å². The van der Waals surface area contributed by atoms with Crippen LogP contribution < -0.4 is 16.0 Å². The number of hydrogen-bond donors (Lipinski definition) is 3. The highest BCUT2D eigenvalue weighted by molar-refractivity contribution is 14.0. The van der Waals surface area contributed by atoms with Gasteiger partial charge in [-0.3, -0.25) is 9.79 Å². The summed E-state index contributed by atoms with van der Waals surface area (Å²) in [7, 11) is 1.65. The molecule has 0 radical (unpaired) electrons. The smallest absolute Gasteiger partial charge is 0.243 e. The number of halogens is 2. The van der Waals surface area contributed by atoms with Crippen molar-refractivity contribution in [1.82, 2.24) is 10.6 Å². The van der Waals surface area contributed by atoms with E-state index in [1.165, 1.54) is 29.8 Å². The largest absolute Gasteiger partial charge is 0.356 e. The average Bonchev–Trinajstić information content (AvgIpc) is 2.64. The molecule has 1 amide bonds. The fourth-order valence-electron chi connectivity index (χ4n) is 2.27. The second-order valence-corrected chi connectivity index (χ2v) is 5.67. The van der Waals surface area contributed by atoms with Crippen LogP contribution >= 0.6 is 24.0 Å². The average molecular weight is 470 g/mol. The van der Waals surface area contributed by atoms with Gasteiger partial charge in [-0.1, -0.05) is 37.3 Å². The summed E-state index contributed by atoms with van der Waals surface area (Å²) in [6.07, 6.45) is 0. The van der Waals surface area contributed by atoms with Gasteiger partial charge in [0.1, 0.15) is 5.82 Å². The third-order valence-electron chi connectivity index (χ3n) is 3.71. The normalized spacial score (nSPS) is 11.9. The number of anilines is 1. The molecule has 26 heavy (non-hydrogen) atoms. The van der Waals surface area contributed by atoms with Gasteiger partial charge in [-0.05, 0) is 35.7 Å². The molecule has 0 bridgehead atoms. The molecule has 0 heterocycles. The predicted octanol–water partition coefficient (Wildman–Crippen LogP) is 3.35. The van der Waals surface area contributed by atoms with Gasteiger partial charge < -0.3 is 16.0 Å². The third kappa shape index (κ3) is 7.38. The van der Waals surface area contributed by atoms with E-state index >= 15 is 0 Å². The highest BCUT2D eigenvalue weighted by Gasteiger charge is 2.08. The second kappa shape index (κ2) is 11.5. The van der Waals surface area contributed by atoms with Crippen LogP contribution in [0, 0.1) is 5.82 Å². The van der Waals surface area contributed by atoms with Crippen molar-refractivity contribution in [3.8, 4) is 0 Å². The molecule has 2 aromatic carbocycles. The molecule has 3 N–H and O–H groups in total. The molecule has 1 atom stereocenters. The summed E-state index contributed by atoms with van der Waals surface area (Å²) in [6, 6.07) is 15.8. The number of carbonyl (C=O) groups excluding carboxylic acids is 1. The Morgan fingerprint density at radius 3 is 2.35 bits per heavy atom. The number of carbonyl (C=O) groups is 1. The Bertz CT molecular complexity index is 707. The number of rotatable bonds is 6. The highest BCUT2D eigenvalue weighted by atomic mass is 127. The van der Waals surface area contributed by atoms with Crippen molar-refractivity contribution in [2.45, 2.75) is 12.8 Å². The summed E-state index contributed by atoms with van der Waals surface area (Å²) in [5.41, 5.74) is 1.79. The summed E-state index contributed by atoms with van der Waals surface area (Å²) in [5.74, 6) is 0.295. The van der Waals surface area contributed by atoms with Crippen LogP contribution in [-0.4, -0.2) is 32.0 Å². The van der Waals surface area contributed by atoms with Crippen LogP contribution in [0.4, 0.5) is 10.1 Å². The molecule has 1 unspecified atom stereocenters. The van der Waals surface area contributed by atoms with Crippen molar-refractivity contribution < 1.29 is 9.18 Å². The van der Waals surface area contributed by atoms with E-state index in [9.17, 15) is 9.18 Å². The molecule has 0 fully saturated rings. The molecule has 7 heteroatoms. The van der Waals surface area contributed by atoms with Gasteiger partial charge in [-0.15, -0.1) is 24.0 Å². The Labute approximate surface area is 170 Å². The van der Waals surface area contributed by atoms with Gasteiger partial charge in [-0.25, -0.2) is 4.39 Å². The number of benzene rings is 2. The van der Waals surface area contributed by atoms with E-state index < -0.39 is 0 Å². The lowest BCUT2D eigenvalue weighted by molar-refractivity contribution is -0.115. The minimum atomic E-state index is -0.340. The van der Waals surface area contributed by atoms with Crippen molar-refractivity contribution in [1.29, 1.82) is 0 Å². The van der Waals surface area contributed by atoms with E-state index in [0.29, 0.717) is 24.1 Å². The first-order chi connectivity index (χ1) is 12.1. The SMILES string of the molecule is CN=C(NCC(=O)Nc1ccc(F)cc1)NCC(C)c1ccccc1.I.